The Morgan fingerprint density at radius 2 is 1.74 bits per heavy atom. The van der Waals surface area contributed by atoms with E-state index in [4.69, 9.17) is 0 Å². The number of rotatable bonds is 3. The van der Waals surface area contributed by atoms with E-state index in [1.165, 1.54) is 19.1 Å². The van der Waals surface area contributed by atoms with E-state index >= 15 is 0 Å². The molecule has 0 saturated carbocycles. The van der Waals surface area contributed by atoms with Gasteiger partial charge in [-0.25, -0.2) is 8.78 Å². The van der Waals surface area contributed by atoms with Crippen LogP contribution < -0.4 is 0 Å². The smallest absolute Gasteiger partial charge is 0.118 e. The van der Waals surface area contributed by atoms with Crippen LogP contribution in [0.15, 0.2) is 36.1 Å². The Labute approximate surface area is 114 Å². The van der Waals surface area contributed by atoms with Crippen molar-refractivity contribution in [1.82, 2.24) is 9.80 Å². The first kappa shape index (κ1) is 14.3. The normalized spacial score (nSPS) is 24.5. The molecule has 2 aliphatic heterocycles. The quantitative estimate of drug-likeness (QED) is 0.725. The molecule has 2 rings (SSSR count). The van der Waals surface area contributed by atoms with E-state index in [1.54, 1.807) is 0 Å². The van der Waals surface area contributed by atoms with Gasteiger partial charge in [0.2, 0.25) is 0 Å². The molecule has 0 aromatic carbocycles. The van der Waals surface area contributed by atoms with Crippen molar-refractivity contribution in [3.05, 3.63) is 36.1 Å². The van der Waals surface area contributed by atoms with Crippen LogP contribution in [0.1, 0.15) is 19.8 Å². The standard InChI is InChI=1S/C15H22F2N2/c1-12(16)8-14(9-13(2)17)19-6-4-15(5-7-19)10-18(3)11-15/h8-9H,1,4-7,10-11H2,2-3H3/b13-9?,14-8+. The molecule has 2 fully saturated rings. The van der Waals surface area contributed by atoms with Crippen LogP contribution in [0.4, 0.5) is 8.78 Å². The van der Waals surface area contributed by atoms with Gasteiger partial charge in [0.25, 0.3) is 0 Å². The van der Waals surface area contributed by atoms with Crippen LogP contribution in [0.3, 0.4) is 0 Å². The lowest BCUT2D eigenvalue weighted by molar-refractivity contribution is -0.0243. The first-order valence-electron chi connectivity index (χ1n) is 6.74. The SMILES string of the molecule is C=C(F)/C=C(\C=C(C)F)N1CCC2(CC1)CN(C)C2. The lowest BCUT2D eigenvalue weighted by atomic mass is 9.72. The highest BCUT2D eigenvalue weighted by atomic mass is 19.1. The summed E-state index contributed by atoms with van der Waals surface area (Å²) in [6, 6.07) is 0. The first-order chi connectivity index (χ1) is 8.90. The number of hydrogen-bond donors (Lipinski definition) is 0. The fourth-order valence-corrected chi connectivity index (χ4v) is 3.24. The van der Waals surface area contributed by atoms with Gasteiger partial charge in [-0.2, -0.15) is 0 Å². The third-order valence-corrected chi connectivity index (χ3v) is 4.05. The van der Waals surface area contributed by atoms with Gasteiger partial charge in [-0.15, -0.1) is 0 Å². The molecule has 2 nitrogen and oxygen atoms in total. The van der Waals surface area contributed by atoms with E-state index in [0.717, 1.165) is 39.0 Å². The fraction of sp³-hybridized carbons (Fsp3) is 0.600. The lowest BCUT2D eigenvalue weighted by Gasteiger charge is -2.53. The highest BCUT2D eigenvalue weighted by molar-refractivity contribution is 5.26. The van der Waals surface area contributed by atoms with E-state index in [9.17, 15) is 8.78 Å². The topological polar surface area (TPSA) is 6.48 Å². The summed E-state index contributed by atoms with van der Waals surface area (Å²) in [7, 11) is 2.13. The maximum atomic E-state index is 13.1. The van der Waals surface area contributed by atoms with Crippen LogP contribution in [-0.4, -0.2) is 43.0 Å². The highest BCUT2D eigenvalue weighted by Gasteiger charge is 2.43. The van der Waals surface area contributed by atoms with E-state index in [0.29, 0.717) is 11.1 Å². The van der Waals surface area contributed by atoms with E-state index in [1.807, 2.05) is 0 Å². The molecule has 2 aliphatic rings. The Kier molecular flexibility index (Phi) is 4.09. The molecule has 106 valence electrons. The van der Waals surface area contributed by atoms with Crippen LogP contribution in [0.25, 0.3) is 0 Å². The molecule has 19 heavy (non-hydrogen) atoms. The minimum Gasteiger partial charge on any atom is -0.371 e. The van der Waals surface area contributed by atoms with Crippen molar-refractivity contribution in [1.29, 1.82) is 0 Å². The zero-order valence-corrected chi connectivity index (χ0v) is 11.8. The lowest BCUT2D eigenvalue weighted by Crippen LogP contribution is -2.58. The molecular formula is C15H22F2N2. The summed E-state index contributed by atoms with van der Waals surface area (Å²) in [5, 5.41) is 0. The third kappa shape index (κ3) is 3.44. The Morgan fingerprint density at radius 1 is 1.16 bits per heavy atom. The van der Waals surface area contributed by atoms with Crippen LogP contribution >= 0.6 is 0 Å². The van der Waals surface area contributed by atoms with Gasteiger partial charge < -0.3 is 9.80 Å². The Hall–Kier alpha value is -1.16. The van der Waals surface area contributed by atoms with E-state index in [-0.39, 0.29) is 5.83 Å². The van der Waals surface area contributed by atoms with Crippen LogP contribution in [0, 0.1) is 5.41 Å². The van der Waals surface area contributed by atoms with Crippen molar-refractivity contribution >= 4 is 0 Å². The summed E-state index contributed by atoms with van der Waals surface area (Å²) < 4.78 is 26.1. The summed E-state index contributed by atoms with van der Waals surface area (Å²) in [6.45, 7) is 8.62. The van der Waals surface area contributed by atoms with Crippen molar-refractivity contribution < 1.29 is 8.78 Å². The van der Waals surface area contributed by atoms with Crippen molar-refractivity contribution in [2.24, 2.45) is 5.41 Å². The maximum Gasteiger partial charge on any atom is 0.118 e. The molecule has 1 spiro atoms. The molecule has 0 aromatic rings. The monoisotopic (exact) mass is 268 g/mol. The number of nitrogens with zero attached hydrogens (tertiary/aromatic N) is 2. The number of halogens is 2. The minimum atomic E-state index is -0.531. The highest BCUT2D eigenvalue weighted by Crippen LogP contribution is 2.40. The zero-order valence-electron chi connectivity index (χ0n) is 11.8. The molecular weight excluding hydrogens is 246 g/mol. The van der Waals surface area contributed by atoms with Gasteiger partial charge in [0.1, 0.15) is 5.83 Å². The Bertz CT molecular complexity index is 406. The number of hydrogen-bond acceptors (Lipinski definition) is 2. The van der Waals surface area contributed by atoms with Gasteiger partial charge in [-0.3, -0.25) is 0 Å². The molecule has 4 heteroatoms. The second-order valence-corrected chi connectivity index (χ2v) is 5.91. The summed E-state index contributed by atoms with van der Waals surface area (Å²) in [5.41, 5.74) is 1.03. The Balaban J connectivity index is 2.01. The molecule has 0 radical (unpaired) electrons. The summed E-state index contributed by atoms with van der Waals surface area (Å²) in [4.78, 5) is 4.37. The molecule has 0 N–H and O–H groups in total. The summed E-state index contributed by atoms with van der Waals surface area (Å²) in [5.74, 6) is -0.840. The largest absolute Gasteiger partial charge is 0.371 e. The first-order valence-corrected chi connectivity index (χ1v) is 6.74. The predicted molar refractivity (Wildman–Crippen MR) is 73.9 cm³/mol. The average Bonchev–Trinajstić information content (AvgIpc) is 2.26. The molecule has 0 amide bonds. The molecule has 2 saturated heterocycles. The van der Waals surface area contributed by atoms with Crippen molar-refractivity contribution in [2.75, 3.05) is 33.2 Å². The van der Waals surface area contributed by atoms with Crippen molar-refractivity contribution in [3.8, 4) is 0 Å². The van der Waals surface area contributed by atoms with E-state index < -0.39 is 5.83 Å². The maximum absolute atomic E-state index is 13.1. The zero-order chi connectivity index (χ0) is 14.0. The third-order valence-electron chi connectivity index (χ3n) is 4.05. The van der Waals surface area contributed by atoms with Crippen LogP contribution in [-0.2, 0) is 0 Å². The molecule has 2 heterocycles. The minimum absolute atomic E-state index is 0.309. The van der Waals surface area contributed by atoms with Crippen LogP contribution in [0.2, 0.25) is 0 Å². The van der Waals surface area contributed by atoms with Gasteiger partial charge in [0.05, 0.1) is 5.83 Å². The van der Waals surface area contributed by atoms with Gasteiger partial charge in [0.15, 0.2) is 0 Å². The fourth-order valence-electron chi connectivity index (χ4n) is 3.24. The Morgan fingerprint density at radius 3 is 2.16 bits per heavy atom. The molecule has 0 bridgehead atoms. The number of allylic oxidation sites excluding steroid dienone is 4. The molecule has 0 atom stereocenters. The molecule has 0 aliphatic carbocycles. The van der Waals surface area contributed by atoms with E-state index in [2.05, 4.69) is 23.4 Å². The van der Waals surface area contributed by atoms with Gasteiger partial charge in [-0.05, 0) is 44.4 Å². The number of piperidine rings is 1. The average molecular weight is 268 g/mol. The van der Waals surface area contributed by atoms with Crippen molar-refractivity contribution in [2.45, 2.75) is 19.8 Å². The second kappa shape index (κ2) is 5.45. The number of likely N-dealkylation sites (tertiary alicyclic amines) is 2. The second-order valence-electron chi connectivity index (χ2n) is 5.91. The van der Waals surface area contributed by atoms with Gasteiger partial charge in [-0.1, -0.05) is 6.58 Å². The predicted octanol–water partition coefficient (Wildman–Crippen LogP) is 3.25. The van der Waals surface area contributed by atoms with Gasteiger partial charge >= 0.3 is 0 Å². The van der Waals surface area contributed by atoms with Gasteiger partial charge in [0, 0.05) is 31.9 Å². The summed E-state index contributed by atoms with van der Waals surface area (Å²) >= 11 is 0. The van der Waals surface area contributed by atoms with Crippen LogP contribution in [0.5, 0.6) is 0 Å². The van der Waals surface area contributed by atoms with Crippen molar-refractivity contribution in [3.63, 3.8) is 0 Å². The molecule has 0 aromatic heterocycles. The summed E-state index contributed by atoms with van der Waals surface area (Å²) in [6.07, 6.45) is 4.88. The molecule has 0 unspecified atom stereocenters.